The summed E-state index contributed by atoms with van der Waals surface area (Å²) in [6.45, 7) is 3.27. The van der Waals surface area contributed by atoms with E-state index in [4.69, 9.17) is 0 Å². The summed E-state index contributed by atoms with van der Waals surface area (Å²) in [6, 6.07) is 11.9. The fourth-order valence-corrected chi connectivity index (χ4v) is 4.78. The molecule has 0 radical (unpaired) electrons. The lowest BCUT2D eigenvalue weighted by atomic mass is 9.96. The van der Waals surface area contributed by atoms with Crippen molar-refractivity contribution in [2.24, 2.45) is 0 Å². The average Bonchev–Trinajstić information content (AvgIpc) is 3.18. The number of benzene rings is 1. The summed E-state index contributed by atoms with van der Waals surface area (Å²) in [4.78, 5) is 14.9. The minimum Gasteiger partial charge on any atom is -0.338 e. The molecule has 8 nitrogen and oxygen atoms in total. The fourth-order valence-electron chi connectivity index (χ4n) is 3.74. The molecule has 152 valence electrons. The first-order valence-corrected chi connectivity index (χ1v) is 11.2. The van der Waals surface area contributed by atoms with Crippen molar-refractivity contribution in [1.29, 1.82) is 0 Å². The van der Waals surface area contributed by atoms with E-state index in [1.54, 1.807) is 19.1 Å². The van der Waals surface area contributed by atoms with Gasteiger partial charge in [-0.15, -0.1) is 10.2 Å². The number of carbonyl (C=O) groups excluding carboxylic acids is 1. The molecule has 1 atom stereocenters. The number of aromatic nitrogens is 3. The Balaban J connectivity index is 1.52. The molecule has 1 fully saturated rings. The number of hydrogen-bond donors (Lipinski definition) is 1. The van der Waals surface area contributed by atoms with Crippen LogP contribution in [-0.4, -0.2) is 53.5 Å². The highest BCUT2D eigenvalue weighted by Gasteiger charge is 2.28. The van der Waals surface area contributed by atoms with Crippen LogP contribution in [0.1, 0.15) is 41.9 Å². The second-order valence-electron chi connectivity index (χ2n) is 7.10. The molecule has 1 N–H and O–H groups in total. The van der Waals surface area contributed by atoms with Crippen LogP contribution in [0.3, 0.4) is 0 Å². The topological polar surface area (TPSA) is 96.7 Å². The number of likely N-dealkylation sites (tertiary alicyclic amines) is 1. The third-order valence-electron chi connectivity index (χ3n) is 5.16. The minimum atomic E-state index is -3.53. The van der Waals surface area contributed by atoms with Crippen LogP contribution in [0.5, 0.6) is 0 Å². The van der Waals surface area contributed by atoms with Crippen LogP contribution in [-0.2, 0) is 10.0 Å². The van der Waals surface area contributed by atoms with Gasteiger partial charge in [-0.25, -0.2) is 13.1 Å². The second kappa shape index (κ2) is 7.92. The SMILES string of the molecule is CCNS(=O)(=O)c1ccc(C(=O)N2CCCC(c3nnc4ccccn34)C2)cc1. The van der Waals surface area contributed by atoms with Gasteiger partial charge in [0.15, 0.2) is 5.65 Å². The maximum absolute atomic E-state index is 13.0. The number of pyridine rings is 1. The second-order valence-corrected chi connectivity index (χ2v) is 8.87. The van der Waals surface area contributed by atoms with E-state index < -0.39 is 10.0 Å². The Morgan fingerprint density at radius 1 is 1.17 bits per heavy atom. The van der Waals surface area contributed by atoms with Crippen molar-refractivity contribution in [2.45, 2.75) is 30.6 Å². The van der Waals surface area contributed by atoms with E-state index in [2.05, 4.69) is 14.9 Å². The molecule has 3 heterocycles. The van der Waals surface area contributed by atoms with Gasteiger partial charge in [0.1, 0.15) is 5.82 Å². The predicted molar refractivity (Wildman–Crippen MR) is 108 cm³/mol. The molecule has 29 heavy (non-hydrogen) atoms. The van der Waals surface area contributed by atoms with Crippen molar-refractivity contribution in [2.75, 3.05) is 19.6 Å². The quantitative estimate of drug-likeness (QED) is 0.691. The van der Waals surface area contributed by atoms with Crippen molar-refractivity contribution in [1.82, 2.24) is 24.2 Å². The lowest BCUT2D eigenvalue weighted by Crippen LogP contribution is -2.39. The van der Waals surface area contributed by atoms with Crippen LogP contribution < -0.4 is 4.72 Å². The van der Waals surface area contributed by atoms with Gasteiger partial charge in [0, 0.05) is 37.3 Å². The van der Waals surface area contributed by atoms with Crippen LogP contribution >= 0.6 is 0 Å². The van der Waals surface area contributed by atoms with Gasteiger partial charge in [-0.1, -0.05) is 13.0 Å². The van der Waals surface area contributed by atoms with Gasteiger partial charge in [0.05, 0.1) is 4.90 Å². The largest absolute Gasteiger partial charge is 0.338 e. The van der Waals surface area contributed by atoms with Gasteiger partial charge < -0.3 is 4.90 Å². The van der Waals surface area contributed by atoms with Crippen molar-refractivity contribution in [3.63, 3.8) is 0 Å². The van der Waals surface area contributed by atoms with Gasteiger partial charge in [-0.2, -0.15) is 0 Å². The first-order valence-electron chi connectivity index (χ1n) is 9.68. The van der Waals surface area contributed by atoms with Crippen molar-refractivity contribution in [3.8, 4) is 0 Å². The third-order valence-corrected chi connectivity index (χ3v) is 6.72. The molecular weight excluding hydrogens is 390 g/mol. The molecule has 0 spiro atoms. The van der Waals surface area contributed by atoms with Crippen LogP contribution in [0.4, 0.5) is 0 Å². The summed E-state index contributed by atoms with van der Waals surface area (Å²) in [5, 5.41) is 8.56. The molecule has 4 rings (SSSR count). The number of carbonyl (C=O) groups is 1. The number of amides is 1. The molecule has 1 aliphatic heterocycles. The number of nitrogens with zero attached hydrogens (tertiary/aromatic N) is 4. The molecule has 1 aliphatic rings. The highest BCUT2D eigenvalue weighted by Crippen LogP contribution is 2.27. The minimum absolute atomic E-state index is 0.101. The number of rotatable bonds is 5. The molecule has 3 aromatic rings. The molecule has 2 aromatic heterocycles. The normalized spacial score (nSPS) is 17.6. The Hall–Kier alpha value is -2.78. The standard InChI is InChI=1S/C20H23N5O3S/c1-2-21-29(27,28)17-10-8-15(9-11-17)20(26)24-12-5-6-16(14-24)19-23-22-18-7-3-4-13-25(18)19/h3-4,7-11,13,16,21H,2,5-6,12,14H2,1H3. The highest BCUT2D eigenvalue weighted by molar-refractivity contribution is 7.89. The van der Waals surface area contributed by atoms with Crippen molar-refractivity contribution >= 4 is 21.6 Å². The van der Waals surface area contributed by atoms with E-state index in [0.29, 0.717) is 25.2 Å². The summed E-state index contributed by atoms with van der Waals surface area (Å²) in [6.07, 6.45) is 3.76. The van der Waals surface area contributed by atoms with Crippen molar-refractivity contribution in [3.05, 3.63) is 60.0 Å². The fraction of sp³-hybridized carbons (Fsp3) is 0.350. The Morgan fingerprint density at radius 2 is 1.97 bits per heavy atom. The maximum Gasteiger partial charge on any atom is 0.253 e. The summed E-state index contributed by atoms with van der Waals surface area (Å²) >= 11 is 0. The van der Waals surface area contributed by atoms with Gasteiger partial charge in [-0.3, -0.25) is 9.20 Å². The molecular formula is C20H23N5O3S. The van der Waals surface area contributed by atoms with Crippen molar-refractivity contribution < 1.29 is 13.2 Å². The van der Waals surface area contributed by atoms with E-state index in [1.165, 1.54) is 12.1 Å². The number of sulfonamides is 1. The van der Waals surface area contributed by atoms with E-state index in [0.717, 1.165) is 24.3 Å². The zero-order chi connectivity index (χ0) is 20.4. The smallest absolute Gasteiger partial charge is 0.253 e. The van der Waals surface area contributed by atoms with Crippen LogP contribution in [0.2, 0.25) is 0 Å². The van der Waals surface area contributed by atoms with Gasteiger partial charge in [0.25, 0.3) is 5.91 Å². The van der Waals surface area contributed by atoms with E-state index in [-0.39, 0.29) is 16.7 Å². The Kier molecular flexibility index (Phi) is 5.33. The van der Waals surface area contributed by atoms with Gasteiger partial charge >= 0.3 is 0 Å². The predicted octanol–water partition coefficient (Wildman–Crippen LogP) is 2.05. The number of hydrogen-bond acceptors (Lipinski definition) is 5. The lowest BCUT2D eigenvalue weighted by molar-refractivity contribution is 0.0704. The van der Waals surface area contributed by atoms with Crippen LogP contribution in [0.25, 0.3) is 5.65 Å². The summed E-state index contributed by atoms with van der Waals surface area (Å²) < 4.78 is 28.6. The molecule has 1 unspecified atom stereocenters. The summed E-state index contributed by atoms with van der Waals surface area (Å²) in [5.74, 6) is 0.875. The number of fused-ring (bicyclic) bond motifs is 1. The van der Waals surface area contributed by atoms with Crippen LogP contribution in [0.15, 0.2) is 53.6 Å². The van der Waals surface area contributed by atoms with E-state index >= 15 is 0 Å². The molecule has 1 saturated heterocycles. The van der Waals surface area contributed by atoms with Gasteiger partial charge in [0.2, 0.25) is 10.0 Å². The molecule has 1 amide bonds. The highest BCUT2D eigenvalue weighted by atomic mass is 32.2. The van der Waals surface area contributed by atoms with E-state index in [1.807, 2.05) is 33.7 Å². The Labute approximate surface area is 169 Å². The Bertz CT molecular complexity index is 1120. The zero-order valence-electron chi connectivity index (χ0n) is 16.2. The molecule has 0 bridgehead atoms. The molecule has 9 heteroatoms. The third kappa shape index (κ3) is 3.88. The zero-order valence-corrected chi connectivity index (χ0v) is 17.0. The lowest BCUT2D eigenvalue weighted by Gasteiger charge is -2.32. The monoisotopic (exact) mass is 413 g/mol. The first-order chi connectivity index (χ1) is 14.0. The van der Waals surface area contributed by atoms with E-state index in [9.17, 15) is 13.2 Å². The summed E-state index contributed by atoms with van der Waals surface area (Å²) in [5.41, 5.74) is 1.27. The number of piperidine rings is 1. The first kappa shape index (κ1) is 19.5. The van der Waals surface area contributed by atoms with Gasteiger partial charge in [-0.05, 0) is 49.2 Å². The molecule has 0 aliphatic carbocycles. The molecule has 0 saturated carbocycles. The van der Waals surface area contributed by atoms with Crippen LogP contribution in [0, 0.1) is 0 Å². The summed E-state index contributed by atoms with van der Waals surface area (Å²) in [7, 11) is -3.53. The average molecular weight is 414 g/mol. The molecule has 1 aromatic carbocycles. The number of nitrogens with one attached hydrogen (secondary N) is 1. The maximum atomic E-state index is 13.0. The Morgan fingerprint density at radius 3 is 2.72 bits per heavy atom.